The third kappa shape index (κ3) is 3.20. The Labute approximate surface area is 116 Å². The van der Waals surface area contributed by atoms with Crippen molar-refractivity contribution in [2.45, 2.75) is 19.9 Å². The molecule has 4 heteroatoms. The second-order valence-corrected chi connectivity index (χ2v) is 4.73. The van der Waals surface area contributed by atoms with Crippen LogP contribution < -0.4 is 5.32 Å². The first-order valence-corrected chi connectivity index (χ1v) is 6.30. The second-order valence-electron chi connectivity index (χ2n) is 4.73. The van der Waals surface area contributed by atoms with E-state index in [1.807, 2.05) is 13.0 Å². The summed E-state index contributed by atoms with van der Waals surface area (Å²) in [5.74, 6) is -1.59. The Morgan fingerprint density at radius 1 is 1.15 bits per heavy atom. The van der Waals surface area contributed by atoms with Gasteiger partial charge in [0.15, 0.2) is 0 Å². The number of hydrogen-bond acceptors (Lipinski definition) is 1. The lowest BCUT2D eigenvalue weighted by atomic mass is 10.1. The second kappa shape index (κ2) is 5.82. The van der Waals surface area contributed by atoms with Crippen LogP contribution in [-0.4, -0.2) is 5.91 Å². The highest BCUT2D eigenvalue weighted by Crippen LogP contribution is 2.18. The van der Waals surface area contributed by atoms with Crippen molar-refractivity contribution in [3.05, 3.63) is 70.8 Å². The van der Waals surface area contributed by atoms with Crippen LogP contribution in [0.2, 0.25) is 0 Å². The van der Waals surface area contributed by atoms with Gasteiger partial charge in [0, 0.05) is 17.2 Å². The van der Waals surface area contributed by atoms with Crippen molar-refractivity contribution in [1.82, 2.24) is 5.32 Å². The molecule has 0 heterocycles. The minimum atomic E-state index is -0.665. The molecule has 0 saturated heterocycles. The van der Waals surface area contributed by atoms with Gasteiger partial charge in [0.25, 0.3) is 5.91 Å². The molecule has 1 amide bonds. The first kappa shape index (κ1) is 14.2. The summed E-state index contributed by atoms with van der Waals surface area (Å²) in [6.45, 7) is 3.55. The SMILES string of the molecule is Cc1cccc(C(=O)NC(C)c2ccc(F)cc2F)c1. The van der Waals surface area contributed by atoms with Crippen LogP contribution in [0.3, 0.4) is 0 Å². The van der Waals surface area contributed by atoms with E-state index in [1.54, 1.807) is 25.1 Å². The van der Waals surface area contributed by atoms with Crippen molar-refractivity contribution < 1.29 is 13.6 Å². The summed E-state index contributed by atoms with van der Waals surface area (Å²) in [5, 5.41) is 2.70. The topological polar surface area (TPSA) is 29.1 Å². The Morgan fingerprint density at radius 3 is 2.55 bits per heavy atom. The van der Waals surface area contributed by atoms with E-state index in [0.717, 1.165) is 11.6 Å². The lowest BCUT2D eigenvalue weighted by Gasteiger charge is -2.15. The highest BCUT2D eigenvalue weighted by atomic mass is 19.1. The largest absolute Gasteiger partial charge is 0.345 e. The van der Waals surface area contributed by atoms with E-state index in [9.17, 15) is 13.6 Å². The average molecular weight is 275 g/mol. The number of aryl methyl sites for hydroxylation is 1. The molecular formula is C16H15F2NO. The van der Waals surface area contributed by atoms with Crippen LogP contribution >= 0.6 is 0 Å². The third-order valence-electron chi connectivity index (χ3n) is 3.06. The number of nitrogens with one attached hydrogen (secondary N) is 1. The molecule has 0 spiro atoms. The molecular weight excluding hydrogens is 260 g/mol. The number of amides is 1. The summed E-state index contributed by atoms with van der Waals surface area (Å²) in [6, 6.07) is 9.90. The van der Waals surface area contributed by atoms with E-state index in [0.29, 0.717) is 5.56 Å². The average Bonchev–Trinajstić information content (AvgIpc) is 2.38. The Morgan fingerprint density at radius 2 is 1.90 bits per heavy atom. The van der Waals surface area contributed by atoms with Crippen molar-refractivity contribution >= 4 is 5.91 Å². The van der Waals surface area contributed by atoms with E-state index >= 15 is 0 Å². The maximum absolute atomic E-state index is 13.6. The van der Waals surface area contributed by atoms with Gasteiger partial charge in [-0.2, -0.15) is 0 Å². The lowest BCUT2D eigenvalue weighted by molar-refractivity contribution is 0.0939. The molecule has 2 nitrogen and oxygen atoms in total. The lowest BCUT2D eigenvalue weighted by Crippen LogP contribution is -2.27. The van der Waals surface area contributed by atoms with Gasteiger partial charge in [-0.05, 0) is 32.0 Å². The predicted octanol–water partition coefficient (Wildman–Crippen LogP) is 3.76. The summed E-state index contributed by atoms with van der Waals surface area (Å²) in [5.41, 5.74) is 1.74. The molecule has 0 saturated carbocycles. The minimum Gasteiger partial charge on any atom is -0.345 e. The van der Waals surface area contributed by atoms with Gasteiger partial charge in [-0.1, -0.05) is 23.8 Å². The molecule has 104 valence electrons. The van der Waals surface area contributed by atoms with Crippen molar-refractivity contribution in [2.24, 2.45) is 0 Å². The number of carbonyl (C=O) groups excluding carboxylic acids is 1. The smallest absolute Gasteiger partial charge is 0.251 e. The van der Waals surface area contributed by atoms with Gasteiger partial charge in [0.2, 0.25) is 0 Å². The molecule has 2 aromatic rings. The van der Waals surface area contributed by atoms with Gasteiger partial charge in [0.05, 0.1) is 6.04 Å². The molecule has 0 aliphatic rings. The standard InChI is InChI=1S/C16H15F2NO/c1-10-4-3-5-12(8-10)16(20)19-11(2)14-7-6-13(17)9-15(14)18/h3-9,11H,1-2H3,(H,19,20). The molecule has 2 aromatic carbocycles. The van der Waals surface area contributed by atoms with Crippen molar-refractivity contribution in [1.29, 1.82) is 0 Å². The van der Waals surface area contributed by atoms with Crippen LogP contribution in [0.1, 0.15) is 34.5 Å². The van der Waals surface area contributed by atoms with Crippen LogP contribution in [0.4, 0.5) is 8.78 Å². The zero-order chi connectivity index (χ0) is 14.7. The molecule has 1 unspecified atom stereocenters. The highest BCUT2D eigenvalue weighted by Gasteiger charge is 2.15. The van der Waals surface area contributed by atoms with Crippen LogP contribution in [-0.2, 0) is 0 Å². The molecule has 0 bridgehead atoms. The van der Waals surface area contributed by atoms with Gasteiger partial charge in [-0.25, -0.2) is 8.78 Å². The van der Waals surface area contributed by atoms with Gasteiger partial charge in [-0.3, -0.25) is 4.79 Å². The zero-order valence-corrected chi connectivity index (χ0v) is 11.3. The Kier molecular flexibility index (Phi) is 4.13. The fourth-order valence-corrected chi connectivity index (χ4v) is 2.00. The van der Waals surface area contributed by atoms with E-state index in [2.05, 4.69) is 5.32 Å². The number of rotatable bonds is 3. The normalized spacial score (nSPS) is 12.0. The van der Waals surface area contributed by atoms with Gasteiger partial charge in [-0.15, -0.1) is 0 Å². The molecule has 20 heavy (non-hydrogen) atoms. The van der Waals surface area contributed by atoms with Crippen LogP contribution in [0.5, 0.6) is 0 Å². The molecule has 1 atom stereocenters. The number of hydrogen-bond donors (Lipinski definition) is 1. The van der Waals surface area contributed by atoms with Crippen molar-refractivity contribution in [2.75, 3.05) is 0 Å². The van der Waals surface area contributed by atoms with E-state index in [-0.39, 0.29) is 11.5 Å². The summed E-state index contributed by atoms with van der Waals surface area (Å²) < 4.78 is 26.5. The molecule has 0 aromatic heterocycles. The maximum Gasteiger partial charge on any atom is 0.251 e. The molecule has 0 aliphatic heterocycles. The zero-order valence-electron chi connectivity index (χ0n) is 11.3. The molecule has 0 radical (unpaired) electrons. The Balaban J connectivity index is 2.15. The van der Waals surface area contributed by atoms with Crippen LogP contribution in [0.25, 0.3) is 0 Å². The summed E-state index contributed by atoms with van der Waals surface area (Å²) >= 11 is 0. The monoisotopic (exact) mass is 275 g/mol. The van der Waals surface area contributed by atoms with Crippen LogP contribution in [0, 0.1) is 18.6 Å². The predicted molar refractivity (Wildman–Crippen MR) is 73.4 cm³/mol. The minimum absolute atomic E-state index is 0.257. The van der Waals surface area contributed by atoms with Crippen molar-refractivity contribution in [3.63, 3.8) is 0 Å². The van der Waals surface area contributed by atoms with Gasteiger partial charge >= 0.3 is 0 Å². The fourth-order valence-electron chi connectivity index (χ4n) is 2.00. The summed E-state index contributed by atoms with van der Waals surface area (Å²) in [6.07, 6.45) is 0. The number of halogens is 2. The molecule has 1 N–H and O–H groups in total. The van der Waals surface area contributed by atoms with E-state index in [4.69, 9.17) is 0 Å². The van der Waals surface area contributed by atoms with Gasteiger partial charge < -0.3 is 5.32 Å². The van der Waals surface area contributed by atoms with Gasteiger partial charge in [0.1, 0.15) is 11.6 Å². The molecule has 0 aliphatic carbocycles. The van der Waals surface area contributed by atoms with E-state index in [1.165, 1.54) is 12.1 Å². The number of benzene rings is 2. The van der Waals surface area contributed by atoms with Crippen molar-refractivity contribution in [3.8, 4) is 0 Å². The number of carbonyl (C=O) groups is 1. The fraction of sp³-hybridized carbons (Fsp3) is 0.188. The quantitative estimate of drug-likeness (QED) is 0.907. The van der Waals surface area contributed by atoms with Crippen LogP contribution in [0.15, 0.2) is 42.5 Å². The third-order valence-corrected chi connectivity index (χ3v) is 3.06. The maximum atomic E-state index is 13.6. The first-order chi connectivity index (χ1) is 9.47. The Hall–Kier alpha value is -2.23. The Bertz CT molecular complexity index is 640. The summed E-state index contributed by atoms with van der Waals surface area (Å²) in [4.78, 5) is 12.1. The summed E-state index contributed by atoms with van der Waals surface area (Å²) in [7, 11) is 0. The molecule has 2 rings (SSSR count). The first-order valence-electron chi connectivity index (χ1n) is 6.30. The van der Waals surface area contributed by atoms with E-state index < -0.39 is 17.7 Å². The molecule has 0 fully saturated rings. The highest BCUT2D eigenvalue weighted by molar-refractivity contribution is 5.94.